The van der Waals surface area contributed by atoms with Crippen LogP contribution in [0.2, 0.25) is 0 Å². The van der Waals surface area contributed by atoms with Crippen LogP contribution in [0, 0.1) is 0 Å². The average Bonchev–Trinajstić information content (AvgIpc) is 2.45. The molecule has 7 heteroatoms. The van der Waals surface area contributed by atoms with Crippen LogP contribution >= 0.6 is 0 Å². The van der Waals surface area contributed by atoms with E-state index in [1.165, 1.54) is 18.2 Å². The van der Waals surface area contributed by atoms with Crippen LogP contribution in [0.4, 0.5) is 17.6 Å². The van der Waals surface area contributed by atoms with E-state index in [0.29, 0.717) is 11.6 Å². The highest BCUT2D eigenvalue weighted by atomic mass is 19.3. The van der Waals surface area contributed by atoms with Gasteiger partial charge in [0, 0.05) is 11.6 Å². The molecule has 21 heavy (non-hydrogen) atoms. The van der Waals surface area contributed by atoms with Crippen LogP contribution in [0.15, 0.2) is 41.7 Å². The van der Waals surface area contributed by atoms with Crippen molar-refractivity contribution in [3.05, 3.63) is 47.2 Å². The largest absolute Gasteiger partial charge is 0.443 e. The second kappa shape index (κ2) is 4.61. The zero-order valence-electron chi connectivity index (χ0n) is 10.4. The number of halogens is 4. The minimum absolute atomic E-state index is 0.0323. The van der Waals surface area contributed by atoms with Crippen molar-refractivity contribution in [3.63, 3.8) is 0 Å². The molecular formula is C14H8F4O3. The molecule has 2 aliphatic heterocycles. The molecule has 0 N–H and O–H groups in total. The van der Waals surface area contributed by atoms with E-state index in [-0.39, 0.29) is 5.75 Å². The van der Waals surface area contributed by atoms with Crippen molar-refractivity contribution in [2.24, 2.45) is 0 Å². The third-order valence-corrected chi connectivity index (χ3v) is 3.17. The average molecular weight is 300 g/mol. The molecule has 3 nitrogen and oxygen atoms in total. The molecule has 0 aliphatic carbocycles. The predicted octanol–water partition coefficient (Wildman–Crippen LogP) is 3.17. The molecule has 1 aromatic rings. The van der Waals surface area contributed by atoms with Crippen LogP contribution in [0.1, 0.15) is 5.56 Å². The van der Waals surface area contributed by atoms with Crippen molar-refractivity contribution in [1.82, 2.24) is 0 Å². The number of allylic oxidation sites excluding steroid dienone is 2. The maximum Gasteiger partial charge on any atom is 0.344 e. The van der Waals surface area contributed by atoms with Gasteiger partial charge in [0.15, 0.2) is 11.5 Å². The summed E-state index contributed by atoms with van der Waals surface area (Å²) in [6.07, 6.45) is -4.82. The van der Waals surface area contributed by atoms with Gasteiger partial charge < -0.3 is 9.47 Å². The van der Waals surface area contributed by atoms with Crippen LogP contribution in [-0.4, -0.2) is 24.4 Å². The molecule has 0 amide bonds. The summed E-state index contributed by atoms with van der Waals surface area (Å²) in [6, 6.07) is 6.10. The summed E-state index contributed by atoms with van der Waals surface area (Å²) in [5, 5.41) is 0. The summed E-state index contributed by atoms with van der Waals surface area (Å²) in [6.45, 7) is 0. The number of alkyl halides is 4. The van der Waals surface area contributed by atoms with Crippen LogP contribution < -0.4 is 4.74 Å². The Morgan fingerprint density at radius 2 is 1.71 bits per heavy atom. The van der Waals surface area contributed by atoms with Crippen LogP contribution in [-0.2, 0) is 9.53 Å². The van der Waals surface area contributed by atoms with Crippen LogP contribution in [0.3, 0.4) is 0 Å². The first-order chi connectivity index (χ1) is 9.94. The summed E-state index contributed by atoms with van der Waals surface area (Å²) in [7, 11) is 0. The van der Waals surface area contributed by atoms with E-state index in [2.05, 4.69) is 4.74 Å². The van der Waals surface area contributed by atoms with Crippen molar-refractivity contribution < 1.29 is 31.8 Å². The molecule has 0 fully saturated rings. The number of para-hydroxylation sites is 1. The summed E-state index contributed by atoms with van der Waals surface area (Å²) in [5.41, 5.74) is -0.102. The maximum absolute atomic E-state index is 13.4. The molecule has 0 radical (unpaired) electrons. The van der Waals surface area contributed by atoms with E-state index >= 15 is 0 Å². The second-order valence-electron chi connectivity index (χ2n) is 4.48. The Labute approximate surface area is 116 Å². The first-order valence-electron chi connectivity index (χ1n) is 5.95. The minimum Gasteiger partial charge on any atom is -0.443 e. The lowest BCUT2D eigenvalue weighted by atomic mass is 9.93. The zero-order valence-corrected chi connectivity index (χ0v) is 10.4. The Morgan fingerprint density at radius 3 is 2.38 bits per heavy atom. The van der Waals surface area contributed by atoms with Gasteiger partial charge in [-0.1, -0.05) is 18.2 Å². The molecule has 2 heterocycles. The lowest BCUT2D eigenvalue weighted by Gasteiger charge is -2.40. The molecule has 3 rings (SSSR count). The fourth-order valence-corrected chi connectivity index (χ4v) is 2.21. The number of ether oxygens (including phenoxy) is 2. The Morgan fingerprint density at radius 1 is 1.00 bits per heavy atom. The molecule has 0 bridgehead atoms. The van der Waals surface area contributed by atoms with Gasteiger partial charge in [0.1, 0.15) is 5.75 Å². The molecule has 1 aromatic carbocycles. The van der Waals surface area contributed by atoms with Crippen molar-refractivity contribution >= 4 is 11.9 Å². The smallest absolute Gasteiger partial charge is 0.344 e. The molecule has 110 valence electrons. The molecule has 0 saturated carbocycles. The molecular weight excluding hydrogens is 292 g/mol. The van der Waals surface area contributed by atoms with Gasteiger partial charge in [0.25, 0.3) is 6.43 Å². The number of hydrogen-bond donors (Lipinski definition) is 0. The highest BCUT2D eigenvalue weighted by Gasteiger charge is 2.56. The predicted molar refractivity (Wildman–Crippen MR) is 64.0 cm³/mol. The topological polar surface area (TPSA) is 35.5 Å². The molecule has 1 unspecified atom stereocenters. The first kappa shape index (κ1) is 13.7. The molecule has 0 aromatic heterocycles. The van der Waals surface area contributed by atoms with Gasteiger partial charge in [0.2, 0.25) is 0 Å². The quantitative estimate of drug-likeness (QED) is 0.787. The van der Waals surface area contributed by atoms with Gasteiger partial charge in [-0.05, 0) is 12.1 Å². The number of fused-ring (bicyclic) bond motifs is 2. The number of rotatable bonds is 2. The van der Waals surface area contributed by atoms with E-state index < -0.39 is 35.8 Å². The third-order valence-electron chi connectivity index (χ3n) is 3.17. The number of hydrogen-bond acceptors (Lipinski definition) is 3. The lowest BCUT2D eigenvalue weighted by molar-refractivity contribution is -0.219. The summed E-state index contributed by atoms with van der Waals surface area (Å²) in [4.78, 5) is 11.9. The Bertz CT molecular complexity index is 666. The molecule has 2 aliphatic rings. The fraction of sp³-hybridized carbons (Fsp3) is 0.214. The highest BCUT2D eigenvalue weighted by molar-refractivity contribution is 6.10. The monoisotopic (exact) mass is 300 g/mol. The summed E-state index contributed by atoms with van der Waals surface area (Å²) < 4.78 is 62.1. The highest BCUT2D eigenvalue weighted by Crippen LogP contribution is 2.44. The van der Waals surface area contributed by atoms with Crippen molar-refractivity contribution in [3.8, 4) is 5.75 Å². The van der Waals surface area contributed by atoms with E-state index in [9.17, 15) is 22.4 Å². The fourth-order valence-electron chi connectivity index (χ4n) is 2.21. The minimum atomic E-state index is -3.32. The Balaban J connectivity index is 2.18. The van der Waals surface area contributed by atoms with Crippen LogP contribution in [0.5, 0.6) is 5.75 Å². The third kappa shape index (κ3) is 2.00. The van der Waals surface area contributed by atoms with Crippen molar-refractivity contribution in [1.29, 1.82) is 0 Å². The number of ketones is 1. The zero-order chi connectivity index (χ0) is 15.2. The van der Waals surface area contributed by atoms with Gasteiger partial charge in [-0.25, -0.2) is 17.6 Å². The normalized spacial score (nSPS) is 23.8. The van der Waals surface area contributed by atoms with E-state index in [4.69, 9.17) is 4.74 Å². The molecule has 0 spiro atoms. The van der Waals surface area contributed by atoms with Gasteiger partial charge in [0.05, 0.1) is 5.57 Å². The first-order valence-corrected chi connectivity index (χ1v) is 5.95. The Kier molecular flexibility index (Phi) is 3.00. The van der Waals surface area contributed by atoms with Gasteiger partial charge in [-0.2, -0.15) is 0 Å². The van der Waals surface area contributed by atoms with E-state index in [0.717, 1.165) is 0 Å². The second-order valence-corrected chi connectivity index (χ2v) is 4.48. The van der Waals surface area contributed by atoms with Gasteiger partial charge in [-0.15, -0.1) is 0 Å². The number of benzene rings is 1. The summed E-state index contributed by atoms with van der Waals surface area (Å²) >= 11 is 0. The molecule has 1 atom stereocenters. The standard InChI is InChI=1S/C14H8F4O3/c15-12(16)11-6-9(19)8-5-7-3-1-2-4-10(7)20-14(8,21-11)13(17)18/h1-6,12-13H. The van der Waals surface area contributed by atoms with Gasteiger partial charge >= 0.3 is 12.2 Å². The van der Waals surface area contributed by atoms with Gasteiger partial charge in [-0.3, -0.25) is 4.79 Å². The lowest BCUT2D eigenvalue weighted by Crippen LogP contribution is -2.53. The van der Waals surface area contributed by atoms with E-state index in [1.54, 1.807) is 12.1 Å². The van der Waals surface area contributed by atoms with E-state index in [1.807, 2.05) is 0 Å². The van der Waals surface area contributed by atoms with Crippen molar-refractivity contribution in [2.45, 2.75) is 18.6 Å². The molecule has 0 saturated heterocycles. The number of carbonyl (C=O) groups is 1. The van der Waals surface area contributed by atoms with Crippen LogP contribution in [0.25, 0.3) is 6.08 Å². The SMILES string of the molecule is O=C1C=C(C(F)F)OC2(C(F)F)Oc3ccccc3C=C12. The Hall–Kier alpha value is -2.31. The van der Waals surface area contributed by atoms with Crippen molar-refractivity contribution in [2.75, 3.05) is 0 Å². The maximum atomic E-state index is 13.4. The summed E-state index contributed by atoms with van der Waals surface area (Å²) in [5.74, 6) is -4.90. The number of carbonyl (C=O) groups excluding carboxylic acids is 1.